The van der Waals surface area contributed by atoms with E-state index in [1.807, 2.05) is 13.8 Å². The zero-order valence-corrected chi connectivity index (χ0v) is 14.1. The lowest BCUT2D eigenvalue weighted by Gasteiger charge is -2.23. The van der Waals surface area contributed by atoms with Crippen LogP contribution < -0.4 is 5.32 Å². The number of ether oxygens (including phenoxy) is 1. The number of rotatable bonds is 4. The van der Waals surface area contributed by atoms with Crippen molar-refractivity contribution >= 4 is 11.9 Å². The summed E-state index contributed by atoms with van der Waals surface area (Å²) in [4.78, 5) is 23.7. The van der Waals surface area contributed by atoms with Crippen LogP contribution in [0.4, 0.5) is 4.79 Å². The quantitative estimate of drug-likeness (QED) is 0.896. The van der Waals surface area contributed by atoms with Crippen molar-refractivity contribution in [2.45, 2.75) is 59.6 Å². The van der Waals surface area contributed by atoms with Crippen LogP contribution >= 0.6 is 0 Å². The van der Waals surface area contributed by atoms with E-state index in [1.165, 1.54) is 6.92 Å². The average Bonchev–Trinajstić information content (AvgIpc) is 2.29. The molecule has 1 atom stereocenters. The molecule has 122 valence electrons. The molecule has 0 fully saturated rings. The van der Waals surface area contributed by atoms with E-state index < -0.39 is 17.7 Å². The summed E-state index contributed by atoms with van der Waals surface area (Å²) in [7, 11) is 0. The Morgan fingerprint density at radius 1 is 1.23 bits per heavy atom. The lowest BCUT2D eigenvalue weighted by atomic mass is 9.94. The first-order valence-corrected chi connectivity index (χ1v) is 7.28. The molecule has 0 aliphatic heterocycles. The number of amides is 1. The largest absolute Gasteiger partial charge is 0.508 e. The molecule has 1 amide bonds. The molecule has 2 N–H and O–H groups in total. The molecule has 5 heteroatoms. The molecule has 1 rings (SSSR count). The van der Waals surface area contributed by atoms with Crippen LogP contribution in [0.2, 0.25) is 0 Å². The Morgan fingerprint density at radius 2 is 1.73 bits per heavy atom. The van der Waals surface area contributed by atoms with Gasteiger partial charge < -0.3 is 15.2 Å². The molecular weight excluding hydrogens is 282 g/mol. The van der Waals surface area contributed by atoms with Crippen LogP contribution in [0.5, 0.6) is 5.75 Å². The Bertz CT molecular complexity index is 550. The van der Waals surface area contributed by atoms with Crippen molar-refractivity contribution in [3.8, 4) is 5.75 Å². The summed E-state index contributed by atoms with van der Waals surface area (Å²) < 4.78 is 5.19. The second-order valence-corrected chi connectivity index (χ2v) is 6.57. The van der Waals surface area contributed by atoms with Gasteiger partial charge in [-0.25, -0.2) is 4.79 Å². The minimum atomic E-state index is -0.656. The Balaban J connectivity index is 2.90. The normalized spacial score (nSPS) is 12.6. The number of aryl methyl sites for hydroxylation is 2. The van der Waals surface area contributed by atoms with E-state index in [-0.39, 0.29) is 11.5 Å². The Labute approximate surface area is 131 Å². The van der Waals surface area contributed by atoms with E-state index in [1.54, 1.807) is 32.9 Å². The van der Waals surface area contributed by atoms with Gasteiger partial charge in [0.2, 0.25) is 0 Å². The van der Waals surface area contributed by atoms with Gasteiger partial charge >= 0.3 is 6.09 Å². The fourth-order valence-corrected chi connectivity index (χ4v) is 2.24. The summed E-state index contributed by atoms with van der Waals surface area (Å²) >= 11 is 0. The molecule has 0 heterocycles. The van der Waals surface area contributed by atoms with Crippen LogP contribution in [0.15, 0.2) is 12.1 Å². The third-order valence-electron chi connectivity index (χ3n) is 3.27. The Morgan fingerprint density at radius 3 is 2.14 bits per heavy atom. The van der Waals surface area contributed by atoms with Crippen LogP contribution in [0.3, 0.4) is 0 Å². The second kappa shape index (κ2) is 6.81. The molecule has 22 heavy (non-hydrogen) atoms. The van der Waals surface area contributed by atoms with E-state index in [4.69, 9.17) is 4.74 Å². The van der Waals surface area contributed by atoms with Crippen molar-refractivity contribution < 1.29 is 19.4 Å². The summed E-state index contributed by atoms with van der Waals surface area (Å²) in [6.45, 7) is 10.5. The minimum Gasteiger partial charge on any atom is -0.508 e. The van der Waals surface area contributed by atoms with Crippen molar-refractivity contribution in [2.75, 3.05) is 0 Å². The van der Waals surface area contributed by atoms with Crippen molar-refractivity contribution in [3.05, 3.63) is 28.8 Å². The molecule has 0 aliphatic rings. The van der Waals surface area contributed by atoms with E-state index in [0.29, 0.717) is 6.42 Å². The predicted octanol–water partition coefficient (Wildman–Crippen LogP) is 3.03. The Hall–Kier alpha value is -2.04. The highest BCUT2D eigenvalue weighted by Crippen LogP contribution is 2.22. The number of phenols is 1. The predicted molar refractivity (Wildman–Crippen MR) is 85.1 cm³/mol. The lowest BCUT2D eigenvalue weighted by molar-refractivity contribution is -0.119. The third kappa shape index (κ3) is 5.39. The number of carbonyl (C=O) groups excluding carboxylic acids is 2. The van der Waals surface area contributed by atoms with Gasteiger partial charge in [0.15, 0.2) is 5.78 Å². The minimum absolute atomic E-state index is 0.141. The first-order chi connectivity index (χ1) is 9.99. The fraction of sp³-hybridized carbons (Fsp3) is 0.529. The number of phenolic OH excluding ortho intramolecular Hbond substituents is 1. The number of aromatic hydroxyl groups is 1. The van der Waals surface area contributed by atoms with E-state index in [2.05, 4.69) is 5.32 Å². The Kier molecular flexibility index (Phi) is 5.58. The van der Waals surface area contributed by atoms with Gasteiger partial charge in [-0.3, -0.25) is 4.79 Å². The summed E-state index contributed by atoms with van der Waals surface area (Å²) in [6, 6.07) is 2.64. The van der Waals surface area contributed by atoms with Crippen LogP contribution in [0.1, 0.15) is 44.4 Å². The van der Waals surface area contributed by atoms with Crippen LogP contribution in [-0.4, -0.2) is 28.6 Å². The van der Waals surface area contributed by atoms with Crippen LogP contribution in [-0.2, 0) is 16.0 Å². The summed E-state index contributed by atoms with van der Waals surface area (Å²) in [6.07, 6.45) is -0.242. The number of alkyl carbamates (subject to hydrolysis) is 1. The molecule has 0 saturated heterocycles. The highest BCUT2D eigenvalue weighted by atomic mass is 16.6. The maximum Gasteiger partial charge on any atom is 0.408 e. The molecule has 0 radical (unpaired) electrons. The van der Waals surface area contributed by atoms with Gasteiger partial charge in [-0.2, -0.15) is 0 Å². The van der Waals surface area contributed by atoms with Gasteiger partial charge in [-0.1, -0.05) is 0 Å². The number of benzene rings is 1. The first-order valence-electron chi connectivity index (χ1n) is 7.28. The lowest BCUT2D eigenvalue weighted by Crippen LogP contribution is -2.44. The van der Waals surface area contributed by atoms with Gasteiger partial charge in [0, 0.05) is 6.42 Å². The highest BCUT2D eigenvalue weighted by molar-refractivity contribution is 5.85. The smallest absolute Gasteiger partial charge is 0.408 e. The van der Waals surface area contributed by atoms with Gasteiger partial charge in [0.1, 0.15) is 11.4 Å². The van der Waals surface area contributed by atoms with E-state index in [0.717, 1.165) is 16.7 Å². The number of ketones is 1. The maximum absolute atomic E-state index is 11.9. The summed E-state index contributed by atoms with van der Waals surface area (Å²) in [5.74, 6) is 0.0518. The van der Waals surface area contributed by atoms with Gasteiger partial charge in [0.25, 0.3) is 0 Å². The molecule has 1 unspecified atom stereocenters. The molecule has 0 aliphatic carbocycles. The third-order valence-corrected chi connectivity index (χ3v) is 3.27. The number of nitrogens with one attached hydrogen (secondary N) is 1. The number of carbonyl (C=O) groups is 2. The molecular formula is C17H25NO4. The molecule has 5 nitrogen and oxygen atoms in total. The first kappa shape index (κ1) is 18.0. The fourth-order valence-electron chi connectivity index (χ4n) is 2.24. The number of Topliss-reactive ketones (excluding diaryl/α,β-unsaturated/α-hetero) is 1. The molecule has 0 spiro atoms. The topological polar surface area (TPSA) is 75.6 Å². The number of hydrogen-bond acceptors (Lipinski definition) is 4. The second-order valence-electron chi connectivity index (χ2n) is 6.57. The van der Waals surface area contributed by atoms with Gasteiger partial charge in [0.05, 0.1) is 6.04 Å². The standard InChI is InChI=1S/C17H25NO4/c1-10-7-13(20)8-11(2)14(10)9-15(12(3)19)18-16(21)22-17(4,5)6/h7-8,15,20H,9H2,1-6H3,(H,18,21). The van der Waals surface area contributed by atoms with Gasteiger partial charge in [-0.15, -0.1) is 0 Å². The summed E-state index contributed by atoms with van der Waals surface area (Å²) in [5.41, 5.74) is 2.09. The van der Waals surface area contributed by atoms with Crippen LogP contribution in [0, 0.1) is 13.8 Å². The van der Waals surface area contributed by atoms with Crippen LogP contribution in [0.25, 0.3) is 0 Å². The van der Waals surface area contributed by atoms with Crippen molar-refractivity contribution in [3.63, 3.8) is 0 Å². The SMILES string of the molecule is CC(=O)C(Cc1c(C)cc(O)cc1C)NC(=O)OC(C)(C)C. The molecule has 0 bridgehead atoms. The molecule has 0 saturated carbocycles. The highest BCUT2D eigenvalue weighted by Gasteiger charge is 2.23. The summed E-state index contributed by atoms with van der Waals surface area (Å²) in [5, 5.41) is 12.2. The number of hydrogen-bond donors (Lipinski definition) is 2. The van der Waals surface area contributed by atoms with Crippen molar-refractivity contribution in [2.24, 2.45) is 0 Å². The van der Waals surface area contributed by atoms with Crippen molar-refractivity contribution in [1.29, 1.82) is 0 Å². The molecule has 1 aromatic rings. The monoisotopic (exact) mass is 307 g/mol. The molecule has 0 aromatic heterocycles. The van der Waals surface area contributed by atoms with Crippen molar-refractivity contribution in [1.82, 2.24) is 5.32 Å². The van der Waals surface area contributed by atoms with E-state index in [9.17, 15) is 14.7 Å². The molecule has 1 aromatic carbocycles. The van der Waals surface area contributed by atoms with Gasteiger partial charge in [-0.05, 0) is 70.4 Å². The zero-order chi connectivity index (χ0) is 17.1. The van der Waals surface area contributed by atoms with E-state index >= 15 is 0 Å². The zero-order valence-electron chi connectivity index (χ0n) is 14.1. The maximum atomic E-state index is 11.9. The average molecular weight is 307 g/mol.